The van der Waals surface area contributed by atoms with Gasteiger partial charge in [-0.05, 0) is 90.5 Å². The molecular formula is C27H25Br4N3O8. The second kappa shape index (κ2) is 14.3. The number of halogens is 4. The number of hydrogen-bond acceptors (Lipinski definition) is 10. The monoisotopic (exact) mass is 835 g/mol. The third-order valence-electron chi connectivity index (χ3n) is 6.23. The van der Waals surface area contributed by atoms with E-state index in [1.807, 2.05) is 12.1 Å². The number of oxime groups is 1. The lowest BCUT2D eigenvalue weighted by Crippen LogP contribution is -2.49. The van der Waals surface area contributed by atoms with E-state index in [9.17, 15) is 19.8 Å². The number of rotatable bonds is 11. The highest BCUT2D eigenvalue weighted by Crippen LogP contribution is 2.41. The van der Waals surface area contributed by atoms with Gasteiger partial charge in [0.25, 0.3) is 5.91 Å². The van der Waals surface area contributed by atoms with E-state index in [0.717, 1.165) is 14.5 Å². The molecule has 42 heavy (non-hydrogen) atoms. The molecule has 0 saturated heterocycles. The lowest BCUT2D eigenvalue weighted by atomic mass is 10.0. The molecule has 4 rings (SSSR count). The van der Waals surface area contributed by atoms with Crippen molar-refractivity contribution in [1.29, 1.82) is 0 Å². The lowest BCUT2D eigenvalue weighted by molar-refractivity contribution is -0.225. The normalized spacial score (nSPS) is 21.9. The molecule has 3 N–H and O–H groups in total. The van der Waals surface area contributed by atoms with Crippen LogP contribution in [0.4, 0.5) is 0 Å². The fraction of sp³-hybridized carbons (Fsp3) is 0.333. The van der Waals surface area contributed by atoms with Crippen LogP contribution in [0.3, 0.4) is 0 Å². The Hall–Kier alpha value is -2.46. The summed E-state index contributed by atoms with van der Waals surface area (Å²) in [5.41, 5.74) is 0.970. The number of carbonyl (C=O) groups excluding carboxylic acids is 2. The topological polar surface area (TPSA) is 148 Å². The number of aliphatic hydroxyl groups excluding tert-OH is 2. The highest BCUT2D eigenvalue weighted by atomic mass is 79.9. The average Bonchev–Trinajstić information content (AvgIpc) is 3.39. The standard InChI is InChI=1S/C27H25Br4N3O8/c1-39-23-18(30)11-27(41-13-19(23)31)25(37)22(34-42-27)26(38)33-6-2-8-40-24-16(28)9-14(10-17(24)29)5-7-32-12-15-20(35)3-4-21(15)36/h3-4,9-10,12-13,25,35,37H,2,5-8,11H2,1H3,(H,33,38)/t25-,27-/m0/s1. The molecule has 0 saturated carbocycles. The SMILES string of the molecule is COC1=C(Br)C[C@]2(OC=C1Br)ON=C(C(=O)NCCCOc1c(Br)cc(CCN=CC3=C(O)C=CC3=O)cc1Br)[C@@H]2O. The van der Waals surface area contributed by atoms with Crippen LogP contribution in [0.25, 0.3) is 0 Å². The number of nitrogens with one attached hydrogen (secondary N) is 1. The number of carbonyl (C=O) groups is 2. The Balaban J connectivity index is 1.22. The Morgan fingerprint density at radius 2 is 2.00 bits per heavy atom. The lowest BCUT2D eigenvalue weighted by Gasteiger charge is -2.27. The molecule has 224 valence electrons. The zero-order valence-corrected chi connectivity index (χ0v) is 28.4. The highest BCUT2D eigenvalue weighted by molar-refractivity contribution is 9.12. The molecule has 2 heterocycles. The van der Waals surface area contributed by atoms with Crippen LogP contribution >= 0.6 is 63.7 Å². The molecule has 2 atom stereocenters. The quantitative estimate of drug-likeness (QED) is 0.208. The first-order valence-corrected chi connectivity index (χ1v) is 15.7. The van der Waals surface area contributed by atoms with Gasteiger partial charge in [0.1, 0.15) is 23.5 Å². The van der Waals surface area contributed by atoms with E-state index in [2.05, 4.69) is 79.2 Å². The van der Waals surface area contributed by atoms with Gasteiger partial charge in [0.15, 0.2) is 17.6 Å². The minimum Gasteiger partial charge on any atom is -0.507 e. The van der Waals surface area contributed by atoms with Crippen LogP contribution < -0.4 is 10.1 Å². The molecule has 0 radical (unpaired) electrons. The molecule has 2 aliphatic heterocycles. The van der Waals surface area contributed by atoms with Crippen molar-refractivity contribution in [1.82, 2.24) is 5.32 Å². The molecule has 1 aromatic rings. The summed E-state index contributed by atoms with van der Waals surface area (Å²) in [6.07, 6.45) is 5.05. The Kier molecular flexibility index (Phi) is 11.1. The molecule has 15 heteroatoms. The summed E-state index contributed by atoms with van der Waals surface area (Å²) in [5.74, 6) is -1.47. The van der Waals surface area contributed by atoms with Gasteiger partial charge in [-0.15, -0.1) is 0 Å². The molecule has 0 fully saturated rings. The molecule has 11 nitrogen and oxygen atoms in total. The maximum atomic E-state index is 12.7. The van der Waals surface area contributed by atoms with Crippen molar-refractivity contribution in [3.8, 4) is 5.75 Å². The number of hydrogen-bond donors (Lipinski definition) is 3. The summed E-state index contributed by atoms with van der Waals surface area (Å²) in [6.45, 7) is 0.991. The molecule has 0 aromatic heterocycles. The molecule has 1 aliphatic carbocycles. The second-order valence-electron chi connectivity index (χ2n) is 9.11. The van der Waals surface area contributed by atoms with E-state index in [4.69, 9.17) is 19.0 Å². The molecule has 1 amide bonds. The average molecular weight is 839 g/mol. The number of ether oxygens (including phenoxy) is 3. The summed E-state index contributed by atoms with van der Waals surface area (Å²) < 4.78 is 19.4. The van der Waals surface area contributed by atoms with E-state index in [1.165, 1.54) is 31.7 Å². The van der Waals surface area contributed by atoms with Gasteiger partial charge in [-0.2, -0.15) is 0 Å². The summed E-state index contributed by atoms with van der Waals surface area (Å²) in [4.78, 5) is 34.0. The van der Waals surface area contributed by atoms with Crippen LogP contribution in [0.1, 0.15) is 18.4 Å². The number of benzene rings is 1. The van der Waals surface area contributed by atoms with E-state index < -0.39 is 17.8 Å². The molecule has 3 aliphatic rings. The molecule has 0 bridgehead atoms. The van der Waals surface area contributed by atoms with Gasteiger partial charge >= 0.3 is 5.79 Å². The highest BCUT2D eigenvalue weighted by Gasteiger charge is 2.54. The van der Waals surface area contributed by atoms with Gasteiger partial charge in [0.05, 0.1) is 39.1 Å². The largest absolute Gasteiger partial charge is 0.507 e. The first-order chi connectivity index (χ1) is 20.1. The van der Waals surface area contributed by atoms with Gasteiger partial charge in [-0.25, -0.2) is 0 Å². The fourth-order valence-corrected chi connectivity index (χ4v) is 7.11. The van der Waals surface area contributed by atoms with Crippen molar-refractivity contribution in [3.63, 3.8) is 0 Å². The van der Waals surface area contributed by atoms with Crippen molar-refractivity contribution < 1.29 is 38.9 Å². The first kappa shape index (κ1) is 32.5. The van der Waals surface area contributed by atoms with Crippen LogP contribution in [0.2, 0.25) is 0 Å². The predicted octanol–water partition coefficient (Wildman–Crippen LogP) is 5.01. The predicted molar refractivity (Wildman–Crippen MR) is 169 cm³/mol. The maximum Gasteiger partial charge on any atom is 0.311 e. The van der Waals surface area contributed by atoms with Gasteiger partial charge in [-0.3, -0.25) is 14.6 Å². The van der Waals surface area contributed by atoms with Gasteiger partial charge in [0.2, 0.25) is 0 Å². The van der Waals surface area contributed by atoms with Crippen molar-refractivity contribution in [2.24, 2.45) is 10.1 Å². The van der Waals surface area contributed by atoms with Crippen molar-refractivity contribution >= 4 is 87.3 Å². The second-order valence-corrected chi connectivity index (χ2v) is 12.6. The Morgan fingerprint density at radius 1 is 1.26 bits per heavy atom. The van der Waals surface area contributed by atoms with Gasteiger partial charge < -0.3 is 34.6 Å². The smallest absolute Gasteiger partial charge is 0.311 e. The van der Waals surface area contributed by atoms with Crippen molar-refractivity contribution in [2.45, 2.75) is 31.2 Å². The number of amides is 1. The van der Waals surface area contributed by atoms with E-state index in [0.29, 0.717) is 46.5 Å². The Bertz CT molecular complexity index is 1430. The van der Waals surface area contributed by atoms with E-state index in [-0.39, 0.29) is 35.8 Å². The maximum absolute atomic E-state index is 12.7. The number of methoxy groups -OCH3 is 1. The van der Waals surface area contributed by atoms with Crippen LogP contribution in [-0.4, -0.2) is 72.5 Å². The first-order valence-electron chi connectivity index (χ1n) is 12.5. The minimum absolute atomic E-state index is 0.0500. The van der Waals surface area contributed by atoms with Crippen molar-refractivity contribution in [3.05, 3.63) is 71.1 Å². The summed E-state index contributed by atoms with van der Waals surface area (Å²) in [6, 6.07) is 3.83. The van der Waals surface area contributed by atoms with Crippen LogP contribution in [-0.2, 0) is 30.3 Å². The summed E-state index contributed by atoms with van der Waals surface area (Å²) >= 11 is 13.8. The van der Waals surface area contributed by atoms with Crippen LogP contribution in [0, 0.1) is 0 Å². The van der Waals surface area contributed by atoms with Gasteiger partial charge in [-0.1, -0.05) is 21.1 Å². The van der Waals surface area contributed by atoms with Crippen LogP contribution in [0.5, 0.6) is 5.75 Å². The van der Waals surface area contributed by atoms with E-state index in [1.54, 1.807) is 0 Å². The fourth-order valence-electron chi connectivity index (χ4n) is 4.07. The van der Waals surface area contributed by atoms with Gasteiger partial charge in [0, 0.05) is 23.8 Å². The Morgan fingerprint density at radius 3 is 2.67 bits per heavy atom. The number of aliphatic imine (C=N–C) groups is 1. The summed E-state index contributed by atoms with van der Waals surface area (Å²) in [5, 5.41) is 27.0. The third-order valence-corrected chi connectivity index (χ3v) is 8.60. The molecule has 1 spiro atoms. The number of aliphatic hydroxyl groups is 2. The number of nitrogens with zero attached hydrogens (tertiary/aromatic N) is 2. The van der Waals surface area contributed by atoms with Crippen LogP contribution in [0.15, 0.2) is 75.7 Å². The molecule has 0 unspecified atom stereocenters. The summed E-state index contributed by atoms with van der Waals surface area (Å²) in [7, 11) is 1.49. The van der Waals surface area contributed by atoms with E-state index >= 15 is 0 Å². The molecular weight excluding hydrogens is 814 g/mol. The number of ketones is 1. The number of allylic oxidation sites excluding steroid dienone is 4. The Labute approximate surface area is 274 Å². The molecule has 1 aromatic carbocycles. The minimum atomic E-state index is -1.61. The third kappa shape index (κ3) is 7.36. The zero-order chi connectivity index (χ0) is 30.4. The van der Waals surface area contributed by atoms with Crippen molar-refractivity contribution in [2.75, 3.05) is 26.8 Å². The zero-order valence-electron chi connectivity index (χ0n) is 22.0.